The summed E-state index contributed by atoms with van der Waals surface area (Å²) in [6, 6.07) is 0. The van der Waals surface area contributed by atoms with Crippen molar-refractivity contribution in [1.29, 1.82) is 0 Å². The Kier molecular flexibility index (Phi) is 16.9. The number of ether oxygens (including phenoxy) is 1. The highest BCUT2D eigenvalue weighted by Crippen LogP contribution is 2.45. The normalized spacial score (nSPS) is 15.9. The van der Waals surface area contributed by atoms with Gasteiger partial charge in [-0.05, 0) is 20.3 Å². The highest BCUT2D eigenvalue weighted by molar-refractivity contribution is 5.93. The summed E-state index contributed by atoms with van der Waals surface area (Å²) in [4.78, 5) is 35.7. The van der Waals surface area contributed by atoms with Gasteiger partial charge in [-0.1, -0.05) is 110 Å². The Balaban J connectivity index is 4.26. The Hall–Kier alpha value is -1.63. The first-order valence-electron chi connectivity index (χ1n) is 13.4. The smallest absolute Gasteiger partial charge is 0.338 e. The maximum atomic E-state index is 12.1. The molecular weight excluding hydrogens is 436 g/mol. The number of aliphatic carboxylic acids is 3. The summed E-state index contributed by atoms with van der Waals surface area (Å²) in [5.74, 6) is -5.84. The molecule has 200 valence electrons. The second-order valence-electron chi connectivity index (χ2n) is 10.00. The van der Waals surface area contributed by atoms with Crippen LogP contribution in [0.3, 0.4) is 0 Å². The summed E-state index contributed by atoms with van der Waals surface area (Å²) in [7, 11) is 1.07. The third-order valence-corrected chi connectivity index (χ3v) is 7.44. The fourth-order valence-corrected chi connectivity index (χ4v) is 5.04. The largest absolute Gasteiger partial charge is 0.481 e. The second-order valence-corrected chi connectivity index (χ2v) is 10.00. The predicted octanol–water partition coefficient (Wildman–Crippen LogP) is 6.92. The summed E-state index contributed by atoms with van der Waals surface area (Å²) in [5, 5.41) is 29.1. The van der Waals surface area contributed by atoms with Gasteiger partial charge in [-0.25, -0.2) is 4.79 Å². The number of hydrogen-bond acceptors (Lipinski definition) is 4. The van der Waals surface area contributed by atoms with E-state index in [1.807, 2.05) is 0 Å². The molecule has 0 aromatic heterocycles. The summed E-state index contributed by atoms with van der Waals surface area (Å²) >= 11 is 0. The molecule has 0 rings (SSSR count). The first kappa shape index (κ1) is 32.4. The molecule has 0 saturated carbocycles. The van der Waals surface area contributed by atoms with Crippen molar-refractivity contribution in [3.8, 4) is 0 Å². The lowest BCUT2D eigenvalue weighted by atomic mass is 9.64. The van der Waals surface area contributed by atoms with Crippen LogP contribution in [0.2, 0.25) is 0 Å². The predicted molar refractivity (Wildman–Crippen MR) is 134 cm³/mol. The highest BCUT2D eigenvalue weighted by atomic mass is 16.5. The topological polar surface area (TPSA) is 121 Å². The minimum Gasteiger partial charge on any atom is -0.481 e. The third-order valence-electron chi connectivity index (χ3n) is 7.44. The van der Waals surface area contributed by atoms with E-state index in [4.69, 9.17) is 4.74 Å². The van der Waals surface area contributed by atoms with Crippen molar-refractivity contribution in [3.05, 3.63) is 0 Å². The van der Waals surface area contributed by atoms with Crippen LogP contribution in [-0.2, 0) is 19.1 Å². The quantitative estimate of drug-likeness (QED) is 0.134. The van der Waals surface area contributed by atoms with Crippen molar-refractivity contribution < 1.29 is 34.4 Å². The van der Waals surface area contributed by atoms with E-state index in [-0.39, 0.29) is 6.42 Å². The maximum Gasteiger partial charge on any atom is 0.338 e. The Bertz CT molecular complexity index is 592. The zero-order valence-electron chi connectivity index (χ0n) is 22.1. The van der Waals surface area contributed by atoms with E-state index in [2.05, 4.69) is 6.92 Å². The molecule has 0 amide bonds. The molecule has 0 radical (unpaired) electrons. The van der Waals surface area contributed by atoms with Crippen molar-refractivity contribution in [2.45, 2.75) is 136 Å². The molecule has 0 aliphatic rings. The van der Waals surface area contributed by atoms with Gasteiger partial charge in [0.2, 0.25) is 0 Å². The van der Waals surface area contributed by atoms with Gasteiger partial charge in [0.25, 0.3) is 0 Å². The van der Waals surface area contributed by atoms with Crippen LogP contribution in [0.4, 0.5) is 0 Å². The van der Waals surface area contributed by atoms with Crippen molar-refractivity contribution in [3.63, 3.8) is 0 Å². The SMILES string of the molecule is CCCCCCCCCCCCCCCCCCC(C)(C(=O)O)C(OC)(C(=O)O)C(C)C(=O)O. The van der Waals surface area contributed by atoms with Crippen molar-refractivity contribution in [2.75, 3.05) is 7.11 Å². The van der Waals surface area contributed by atoms with Crippen LogP contribution in [0.15, 0.2) is 0 Å². The van der Waals surface area contributed by atoms with Crippen LogP contribution in [0, 0.1) is 11.3 Å². The molecule has 3 atom stereocenters. The van der Waals surface area contributed by atoms with E-state index < -0.39 is 34.8 Å². The van der Waals surface area contributed by atoms with Crippen LogP contribution >= 0.6 is 0 Å². The third kappa shape index (κ3) is 9.93. The molecule has 3 unspecified atom stereocenters. The first-order valence-corrected chi connectivity index (χ1v) is 13.4. The van der Waals surface area contributed by atoms with Gasteiger partial charge in [0, 0.05) is 7.11 Å². The van der Waals surface area contributed by atoms with Gasteiger partial charge in [0.1, 0.15) is 5.41 Å². The van der Waals surface area contributed by atoms with Gasteiger partial charge in [0.05, 0.1) is 5.92 Å². The van der Waals surface area contributed by atoms with Gasteiger partial charge in [0.15, 0.2) is 5.60 Å². The molecule has 0 heterocycles. The molecule has 0 spiro atoms. The number of unbranched alkanes of at least 4 members (excludes halogenated alkanes) is 15. The Labute approximate surface area is 206 Å². The average molecular weight is 487 g/mol. The lowest BCUT2D eigenvalue weighted by molar-refractivity contribution is -0.208. The van der Waals surface area contributed by atoms with E-state index in [1.54, 1.807) is 0 Å². The number of carbonyl (C=O) groups is 3. The van der Waals surface area contributed by atoms with Gasteiger partial charge in [-0.15, -0.1) is 0 Å². The molecule has 0 aliphatic carbocycles. The number of methoxy groups -OCH3 is 1. The molecule has 34 heavy (non-hydrogen) atoms. The van der Waals surface area contributed by atoms with E-state index in [1.165, 1.54) is 84.5 Å². The Morgan fingerprint density at radius 3 is 1.29 bits per heavy atom. The van der Waals surface area contributed by atoms with Crippen molar-refractivity contribution in [2.24, 2.45) is 11.3 Å². The zero-order chi connectivity index (χ0) is 26.0. The number of hydrogen-bond donors (Lipinski definition) is 3. The van der Waals surface area contributed by atoms with Gasteiger partial charge < -0.3 is 20.1 Å². The van der Waals surface area contributed by atoms with E-state index in [9.17, 15) is 29.7 Å². The van der Waals surface area contributed by atoms with E-state index >= 15 is 0 Å². The standard InChI is InChI=1S/C27H50O7/c1-5-6-7-8-9-10-11-12-13-14-15-16-17-18-19-20-21-26(3,24(30)31)27(34-4,25(32)33)22(2)23(28)29/h22H,5-21H2,1-4H3,(H,28,29)(H,30,31)(H,32,33). The number of rotatable bonds is 23. The van der Waals surface area contributed by atoms with Crippen LogP contribution in [0.5, 0.6) is 0 Å². The Morgan fingerprint density at radius 1 is 0.676 bits per heavy atom. The van der Waals surface area contributed by atoms with Crippen LogP contribution in [0.1, 0.15) is 130 Å². The molecule has 7 nitrogen and oxygen atoms in total. The lowest BCUT2D eigenvalue weighted by Gasteiger charge is -2.44. The van der Waals surface area contributed by atoms with Gasteiger partial charge in [-0.3, -0.25) is 9.59 Å². The summed E-state index contributed by atoms with van der Waals surface area (Å²) in [6.45, 7) is 4.72. The average Bonchev–Trinajstić information content (AvgIpc) is 2.78. The second kappa shape index (κ2) is 17.8. The van der Waals surface area contributed by atoms with Crippen molar-refractivity contribution in [1.82, 2.24) is 0 Å². The zero-order valence-corrected chi connectivity index (χ0v) is 22.1. The van der Waals surface area contributed by atoms with Crippen LogP contribution in [0.25, 0.3) is 0 Å². The molecule has 3 N–H and O–H groups in total. The fraction of sp³-hybridized carbons (Fsp3) is 0.889. The number of carboxylic acids is 3. The number of carboxylic acid groups (broad SMARTS) is 3. The Morgan fingerprint density at radius 2 is 1.03 bits per heavy atom. The molecule has 0 bridgehead atoms. The molecular formula is C27H50O7. The summed E-state index contributed by atoms with van der Waals surface area (Å²) < 4.78 is 5.17. The summed E-state index contributed by atoms with van der Waals surface area (Å²) in [6.07, 6.45) is 19.1. The first-order chi connectivity index (χ1) is 16.1. The molecule has 0 aliphatic heterocycles. The van der Waals surface area contributed by atoms with E-state index in [0.29, 0.717) is 6.42 Å². The van der Waals surface area contributed by atoms with Gasteiger partial charge in [-0.2, -0.15) is 0 Å². The minimum absolute atomic E-state index is 0.0402. The maximum absolute atomic E-state index is 12.1. The van der Waals surface area contributed by atoms with E-state index in [0.717, 1.165) is 32.8 Å². The van der Waals surface area contributed by atoms with Gasteiger partial charge >= 0.3 is 17.9 Å². The molecule has 0 aromatic rings. The molecule has 0 saturated heterocycles. The minimum atomic E-state index is -2.35. The van der Waals surface area contributed by atoms with Crippen molar-refractivity contribution >= 4 is 17.9 Å². The summed E-state index contributed by atoms with van der Waals surface area (Å²) in [5.41, 5.74) is -4.21. The highest BCUT2D eigenvalue weighted by Gasteiger charge is 2.64. The lowest BCUT2D eigenvalue weighted by Crippen LogP contribution is -2.63. The molecule has 7 heteroatoms. The molecule has 0 aromatic carbocycles. The molecule has 0 fully saturated rings. The monoisotopic (exact) mass is 486 g/mol. The van der Waals surface area contributed by atoms with Crippen LogP contribution in [-0.4, -0.2) is 45.9 Å². The van der Waals surface area contributed by atoms with Crippen LogP contribution < -0.4 is 0 Å². The fourth-order valence-electron chi connectivity index (χ4n) is 5.04.